The molecule has 0 aliphatic rings. The van der Waals surface area contributed by atoms with Gasteiger partial charge in [-0.05, 0) is 20.5 Å². The van der Waals surface area contributed by atoms with Crippen LogP contribution in [0.5, 0.6) is 0 Å². The van der Waals surface area contributed by atoms with E-state index >= 15 is 0 Å². The van der Waals surface area contributed by atoms with Gasteiger partial charge in [-0.2, -0.15) is 0 Å². The minimum atomic E-state index is 0.593. The summed E-state index contributed by atoms with van der Waals surface area (Å²) in [6.45, 7) is 9.71. The first-order valence-corrected chi connectivity index (χ1v) is 9.80. The molecule has 6 nitrogen and oxygen atoms in total. The van der Waals surface area contributed by atoms with Crippen molar-refractivity contribution in [3.05, 3.63) is 0 Å². The van der Waals surface area contributed by atoms with Crippen molar-refractivity contribution in [2.75, 3.05) is 86.7 Å². The van der Waals surface area contributed by atoms with Crippen molar-refractivity contribution < 1.29 is 23.7 Å². The van der Waals surface area contributed by atoms with E-state index in [1.54, 1.807) is 0 Å². The molecule has 0 aromatic carbocycles. The Balaban J connectivity index is 2.96. The third kappa shape index (κ3) is 23.8. The highest BCUT2D eigenvalue weighted by Gasteiger charge is 1.94. The van der Waals surface area contributed by atoms with Gasteiger partial charge in [-0.25, -0.2) is 0 Å². The van der Waals surface area contributed by atoms with Crippen molar-refractivity contribution in [3.8, 4) is 0 Å². The fourth-order valence-electron chi connectivity index (χ4n) is 2.04. The van der Waals surface area contributed by atoms with E-state index in [1.165, 1.54) is 25.7 Å². The van der Waals surface area contributed by atoms with Gasteiger partial charge in [0.25, 0.3) is 0 Å². The fourth-order valence-corrected chi connectivity index (χ4v) is 2.04. The van der Waals surface area contributed by atoms with Gasteiger partial charge in [0, 0.05) is 13.2 Å². The number of nitrogens with zero attached hydrogens (tertiary/aromatic N) is 1. The van der Waals surface area contributed by atoms with E-state index in [0.29, 0.717) is 52.9 Å². The Labute approximate surface area is 155 Å². The minimum Gasteiger partial charge on any atom is -0.379 e. The quantitative estimate of drug-likeness (QED) is 0.292. The van der Waals surface area contributed by atoms with Gasteiger partial charge < -0.3 is 28.6 Å². The molecule has 0 spiro atoms. The Hall–Kier alpha value is -0.240. The third-order valence-corrected chi connectivity index (χ3v) is 3.56. The maximum atomic E-state index is 5.53. The number of likely N-dealkylation sites (N-methyl/N-ethyl adjacent to an activating group) is 1. The Kier molecular flexibility index (Phi) is 21.6. The SMILES string of the molecule is CCCCCCCOCCOCCOCCOCCOCCN(C)C. The van der Waals surface area contributed by atoms with Crippen molar-refractivity contribution in [2.24, 2.45) is 0 Å². The summed E-state index contributed by atoms with van der Waals surface area (Å²) < 4.78 is 27.3. The Morgan fingerprint density at radius 2 is 0.880 bits per heavy atom. The standard InChI is InChI=1S/C19H41NO5/c1-4-5-6-7-8-10-21-12-14-23-16-18-25-19-17-24-15-13-22-11-9-20(2)3/h4-19H2,1-3H3. The summed E-state index contributed by atoms with van der Waals surface area (Å²) in [4.78, 5) is 2.09. The Bertz CT molecular complexity index is 242. The lowest BCUT2D eigenvalue weighted by Crippen LogP contribution is -2.19. The number of ether oxygens (including phenoxy) is 5. The first-order valence-electron chi connectivity index (χ1n) is 9.80. The first-order chi connectivity index (χ1) is 12.3. The normalized spacial score (nSPS) is 11.5. The highest BCUT2D eigenvalue weighted by molar-refractivity contribution is 4.42. The predicted molar refractivity (Wildman–Crippen MR) is 101 cm³/mol. The molecule has 152 valence electrons. The molecule has 0 heterocycles. The van der Waals surface area contributed by atoms with Crippen molar-refractivity contribution in [1.82, 2.24) is 4.90 Å². The maximum absolute atomic E-state index is 5.53. The zero-order chi connectivity index (χ0) is 18.4. The molecule has 0 saturated carbocycles. The molecule has 0 atom stereocenters. The van der Waals surface area contributed by atoms with E-state index in [2.05, 4.69) is 11.8 Å². The molecular weight excluding hydrogens is 322 g/mol. The van der Waals surface area contributed by atoms with Gasteiger partial charge in [-0.15, -0.1) is 0 Å². The van der Waals surface area contributed by atoms with Crippen LogP contribution in [0.2, 0.25) is 0 Å². The molecule has 25 heavy (non-hydrogen) atoms. The lowest BCUT2D eigenvalue weighted by Gasteiger charge is -2.10. The van der Waals surface area contributed by atoms with Crippen LogP contribution in [0.1, 0.15) is 39.0 Å². The molecule has 0 rings (SSSR count). The molecule has 0 saturated heterocycles. The average molecular weight is 364 g/mol. The fraction of sp³-hybridized carbons (Fsp3) is 1.00. The summed E-state index contributed by atoms with van der Waals surface area (Å²) >= 11 is 0. The number of unbranched alkanes of at least 4 members (excludes halogenated alkanes) is 4. The second kappa shape index (κ2) is 21.8. The zero-order valence-electron chi connectivity index (χ0n) is 16.8. The third-order valence-electron chi connectivity index (χ3n) is 3.56. The molecule has 0 aliphatic carbocycles. The van der Waals surface area contributed by atoms with Crippen LogP contribution in [0.15, 0.2) is 0 Å². The Morgan fingerprint density at radius 1 is 0.480 bits per heavy atom. The molecular formula is C19H41NO5. The molecule has 0 N–H and O–H groups in total. The van der Waals surface area contributed by atoms with E-state index in [0.717, 1.165) is 26.2 Å². The summed E-state index contributed by atoms with van der Waals surface area (Å²) in [5.41, 5.74) is 0. The van der Waals surface area contributed by atoms with Crippen LogP contribution in [0, 0.1) is 0 Å². The molecule has 0 bridgehead atoms. The van der Waals surface area contributed by atoms with Crippen LogP contribution in [-0.4, -0.2) is 91.6 Å². The van der Waals surface area contributed by atoms with E-state index in [1.807, 2.05) is 14.1 Å². The summed E-state index contributed by atoms with van der Waals surface area (Å²) in [5.74, 6) is 0. The molecule has 0 radical (unpaired) electrons. The summed E-state index contributed by atoms with van der Waals surface area (Å²) in [6.07, 6.45) is 6.37. The second-order valence-corrected chi connectivity index (χ2v) is 6.28. The largest absolute Gasteiger partial charge is 0.379 e. The maximum Gasteiger partial charge on any atom is 0.0701 e. The van der Waals surface area contributed by atoms with Gasteiger partial charge >= 0.3 is 0 Å². The van der Waals surface area contributed by atoms with E-state index in [4.69, 9.17) is 23.7 Å². The van der Waals surface area contributed by atoms with Crippen molar-refractivity contribution in [1.29, 1.82) is 0 Å². The first kappa shape index (κ1) is 24.8. The van der Waals surface area contributed by atoms with E-state index in [9.17, 15) is 0 Å². The van der Waals surface area contributed by atoms with Gasteiger partial charge in [0.05, 0.1) is 59.5 Å². The summed E-state index contributed by atoms with van der Waals surface area (Å²) in [7, 11) is 4.06. The highest BCUT2D eigenvalue weighted by Crippen LogP contribution is 2.02. The lowest BCUT2D eigenvalue weighted by molar-refractivity contribution is -0.0118. The molecule has 6 heteroatoms. The summed E-state index contributed by atoms with van der Waals surface area (Å²) in [5, 5.41) is 0. The van der Waals surface area contributed by atoms with Gasteiger partial charge in [-0.3, -0.25) is 0 Å². The van der Waals surface area contributed by atoms with Crippen molar-refractivity contribution in [2.45, 2.75) is 39.0 Å². The zero-order valence-corrected chi connectivity index (χ0v) is 16.8. The molecule has 0 aliphatic heterocycles. The van der Waals surface area contributed by atoms with Crippen molar-refractivity contribution in [3.63, 3.8) is 0 Å². The predicted octanol–water partition coefficient (Wildman–Crippen LogP) is 2.60. The average Bonchev–Trinajstić information content (AvgIpc) is 2.60. The molecule has 0 aromatic heterocycles. The van der Waals surface area contributed by atoms with Crippen molar-refractivity contribution >= 4 is 0 Å². The topological polar surface area (TPSA) is 49.4 Å². The van der Waals surface area contributed by atoms with E-state index in [-0.39, 0.29) is 0 Å². The molecule has 0 unspecified atom stereocenters. The lowest BCUT2D eigenvalue weighted by atomic mass is 10.2. The van der Waals surface area contributed by atoms with Crippen LogP contribution in [-0.2, 0) is 23.7 Å². The van der Waals surface area contributed by atoms with Crippen LogP contribution in [0.3, 0.4) is 0 Å². The van der Waals surface area contributed by atoms with Gasteiger partial charge in [0.15, 0.2) is 0 Å². The molecule has 0 fully saturated rings. The van der Waals surface area contributed by atoms with Crippen LogP contribution >= 0.6 is 0 Å². The van der Waals surface area contributed by atoms with Crippen LogP contribution in [0.4, 0.5) is 0 Å². The second-order valence-electron chi connectivity index (χ2n) is 6.28. The Morgan fingerprint density at radius 3 is 1.32 bits per heavy atom. The van der Waals surface area contributed by atoms with Crippen LogP contribution in [0.25, 0.3) is 0 Å². The molecule has 0 aromatic rings. The molecule has 0 amide bonds. The number of hydrogen-bond donors (Lipinski definition) is 0. The smallest absolute Gasteiger partial charge is 0.0701 e. The monoisotopic (exact) mass is 363 g/mol. The highest BCUT2D eigenvalue weighted by atomic mass is 16.6. The number of hydrogen-bond acceptors (Lipinski definition) is 6. The summed E-state index contributed by atoms with van der Waals surface area (Å²) in [6, 6.07) is 0. The van der Waals surface area contributed by atoms with Gasteiger partial charge in [0.1, 0.15) is 0 Å². The van der Waals surface area contributed by atoms with Gasteiger partial charge in [0.2, 0.25) is 0 Å². The van der Waals surface area contributed by atoms with Gasteiger partial charge in [-0.1, -0.05) is 32.6 Å². The minimum absolute atomic E-state index is 0.593. The number of rotatable bonds is 21. The van der Waals surface area contributed by atoms with Crippen LogP contribution < -0.4 is 0 Å². The van der Waals surface area contributed by atoms with E-state index < -0.39 is 0 Å².